The maximum atomic E-state index is 14.9. The van der Waals surface area contributed by atoms with Crippen molar-refractivity contribution < 1.29 is 22.7 Å². The number of ether oxygens (including phenoxy) is 1. The molecule has 1 fully saturated rings. The van der Waals surface area contributed by atoms with E-state index in [0.29, 0.717) is 79.6 Å². The summed E-state index contributed by atoms with van der Waals surface area (Å²) in [6, 6.07) is 19.4. The van der Waals surface area contributed by atoms with Crippen LogP contribution < -0.4 is 4.74 Å². The Morgan fingerprint density at radius 1 is 0.885 bits per heavy atom. The van der Waals surface area contributed by atoms with Crippen LogP contribution in [0.3, 0.4) is 0 Å². The molecule has 0 aromatic heterocycles. The van der Waals surface area contributed by atoms with Crippen molar-refractivity contribution in [3.63, 3.8) is 0 Å². The van der Waals surface area contributed by atoms with Crippen LogP contribution in [0.1, 0.15) is 69.0 Å². The number of likely N-dealkylation sites (N-methyl/N-ethyl adjacent to an activating group) is 1. The fraction of sp³-hybridized carbons (Fsp3) is 0.462. The highest BCUT2D eigenvalue weighted by atomic mass is 35.5. The number of amidine groups is 1. The molecule has 10 nitrogen and oxygen atoms in total. The number of hydrogen-bond acceptors (Lipinski definition) is 7. The molecule has 0 bridgehead atoms. The van der Waals surface area contributed by atoms with E-state index in [-0.39, 0.29) is 17.7 Å². The van der Waals surface area contributed by atoms with E-state index in [1.807, 2.05) is 106 Å². The second-order valence-corrected chi connectivity index (χ2v) is 16.9. The number of sulfone groups is 1. The van der Waals surface area contributed by atoms with Crippen molar-refractivity contribution >= 4 is 50.8 Å². The highest BCUT2D eigenvalue weighted by molar-refractivity contribution is 7.90. The number of halogens is 2. The number of urea groups is 1. The number of amides is 3. The molecule has 2 unspecified atom stereocenters. The maximum absolute atomic E-state index is 14.9. The Morgan fingerprint density at radius 2 is 1.46 bits per heavy atom. The zero-order valence-corrected chi connectivity index (χ0v) is 33.1. The lowest BCUT2D eigenvalue weighted by Gasteiger charge is -2.39. The van der Waals surface area contributed by atoms with E-state index in [4.69, 9.17) is 32.9 Å². The van der Waals surface area contributed by atoms with Gasteiger partial charge in [-0.1, -0.05) is 53.5 Å². The molecular weight excluding hydrogens is 721 g/mol. The molecule has 0 saturated carbocycles. The molecule has 0 radical (unpaired) electrons. The first kappa shape index (κ1) is 39.6. The summed E-state index contributed by atoms with van der Waals surface area (Å²) in [5.41, 5.74) is 2.32. The number of rotatable bonds is 12. The SMILES string of the molecule is CCOc1cc(C(C)(C)C(=O)N(CC)CC)ccc1C1=NC(c2ccc(Cl)cc2)C(c2ccc(Cl)cc2)N1C(=O)N1CCN(CCS(C)(=O)=O)CC1. The molecule has 3 aromatic rings. The van der Waals surface area contributed by atoms with E-state index in [1.54, 1.807) is 9.80 Å². The third kappa shape index (κ3) is 8.76. The molecule has 5 rings (SSSR count). The minimum atomic E-state index is -3.11. The number of benzene rings is 3. The third-order valence-electron chi connectivity index (χ3n) is 9.95. The predicted octanol–water partition coefficient (Wildman–Crippen LogP) is 6.87. The summed E-state index contributed by atoms with van der Waals surface area (Å²) in [5, 5.41) is 1.16. The molecule has 2 heterocycles. The third-order valence-corrected chi connectivity index (χ3v) is 11.4. The second-order valence-electron chi connectivity index (χ2n) is 13.8. The van der Waals surface area contributed by atoms with Gasteiger partial charge in [-0.2, -0.15) is 0 Å². The van der Waals surface area contributed by atoms with Crippen molar-refractivity contribution in [1.82, 2.24) is 19.6 Å². The van der Waals surface area contributed by atoms with Gasteiger partial charge in [0.2, 0.25) is 5.91 Å². The Bertz CT molecular complexity index is 1870. The average Bonchev–Trinajstić information content (AvgIpc) is 3.52. The lowest BCUT2D eigenvalue weighted by atomic mass is 9.82. The van der Waals surface area contributed by atoms with Crippen LogP contribution in [-0.2, 0) is 20.0 Å². The lowest BCUT2D eigenvalue weighted by molar-refractivity contribution is -0.135. The van der Waals surface area contributed by atoms with Crippen LogP contribution in [0.25, 0.3) is 0 Å². The van der Waals surface area contributed by atoms with Crippen LogP contribution in [0.2, 0.25) is 10.0 Å². The second kappa shape index (κ2) is 16.6. The van der Waals surface area contributed by atoms with Crippen molar-refractivity contribution in [2.45, 2.75) is 52.1 Å². The van der Waals surface area contributed by atoms with Crippen LogP contribution in [0.15, 0.2) is 71.7 Å². The molecule has 2 aliphatic rings. The number of piperazine rings is 1. The Kier molecular flexibility index (Phi) is 12.6. The predicted molar refractivity (Wildman–Crippen MR) is 208 cm³/mol. The van der Waals surface area contributed by atoms with Crippen LogP contribution in [0.5, 0.6) is 5.75 Å². The van der Waals surface area contributed by atoms with Gasteiger partial charge in [0.1, 0.15) is 27.5 Å². The van der Waals surface area contributed by atoms with Gasteiger partial charge in [0, 0.05) is 62.1 Å². The summed E-state index contributed by atoms with van der Waals surface area (Å²) < 4.78 is 30.0. The van der Waals surface area contributed by atoms with Gasteiger partial charge >= 0.3 is 6.03 Å². The summed E-state index contributed by atoms with van der Waals surface area (Å²) in [6.45, 7) is 13.6. The topological polar surface area (TPSA) is 103 Å². The summed E-state index contributed by atoms with van der Waals surface area (Å²) >= 11 is 12.7. The molecule has 52 heavy (non-hydrogen) atoms. The zero-order valence-electron chi connectivity index (χ0n) is 30.8. The molecule has 3 amide bonds. The van der Waals surface area contributed by atoms with E-state index in [9.17, 15) is 18.0 Å². The van der Waals surface area contributed by atoms with Crippen molar-refractivity contribution in [2.75, 3.05) is 64.4 Å². The first-order valence-electron chi connectivity index (χ1n) is 17.8. The quantitative estimate of drug-likeness (QED) is 0.200. The number of nitrogens with zero attached hydrogens (tertiary/aromatic N) is 5. The fourth-order valence-corrected chi connectivity index (χ4v) is 7.71. The number of carbonyl (C=O) groups excluding carboxylic acids is 2. The number of carbonyl (C=O) groups is 2. The Morgan fingerprint density at radius 3 is 2.00 bits per heavy atom. The van der Waals surface area contributed by atoms with E-state index in [0.717, 1.165) is 16.7 Å². The van der Waals surface area contributed by atoms with Crippen LogP contribution in [-0.4, -0.2) is 110 Å². The van der Waals surface area contributed by atoms with Gasteiger partial charge in [0.15, 0.2) is 0 Å². The maximum Gasteiger partial charge on any atom is 0.326 e. The number of hydrogen-bond donors (Lipinski definition) is 0. The number of aliphatic imine (C=N–C) groups is 1. The highest BCUT2D eigenvalue weighted by Crippen LogP contribution is 2.46. The van der Waals surface area contributed by atoms with E-state index in [2.05, 4.69) is 4.90 Å². The van der Waals surface area contributed by atoms with Gasteiger partial charge in [0.05, 0.1) is 29.4 Å². The standard InChI is InChI=1S/C39H49Cl2N5O5S/c1-7-44(8-2)37(47)39(4,5)29-14-19-32(33(26-29)51-9-3)36-42-34(27-10-15-30(40)16-11-27)35(28-12-17-31(41)18-13-28)46(36)38(48)45-22-20-43(21-23-45)24-25-52(6,49)50/h10-19,26,34-35H,7-9,20-25H2,1-6H3. The van der Waals surface area contributed by atoms with Gasteiger partial charge in [0.25, 0.3) is 0 Å². The summed E-state index contributed by atoms with van der Waals surface area (Å²) in [7, 11) is -3.11. The fourth-order valence-electron chi connectivity index (χ4n) is 6.86. The lowest BCUT2D eigenvalue weighted by Crippen LogP contribution is -2.54. The van der Waals surface area contributed by atoms with E-state index >= 15 is 0 Å². The molecule has 3 aromatic carbocycles. The first-order chi connectivity index (χ1) is 24.7. The average molecular weight is 771 g/mol. The van der Waals surface area contributed by atoms with Crippen LogP contribution in [0.4, 0.5) is 4.79 Å². The van der Waals surface area contributed by atoms with Crippen molar-refractivity contribution in [3.05, 3.63) is 99.0 Å². The first-order valence-corrected chi connectivity index (χ1v) is 20.6. The zero-order chi connectivity index (χ0) is 37.8. The monoisotopic (exact) mass is 769 g/mol. The highest BCUT2D eigenvalue weighted by Gasteiger charge is 2.45. The van der Waals surface area contributed by atoms with Gasteiger partial charge in [-0.3, -0.25) is 19.6 Å². The summed E-state index contributed by atoms with van der Waals surface area (Å²) in [6.07, 6.45) is 1.24. The smallest absolute Gasteiger partial charge is 0.326 e. The molecule has 0 spiro atoms. The normalized spacial score (nSPS) is 18.3. The largest absolute Gasteiger partial charge is 0.493 e. The van der Waals surface area contributed by atoms with Crippen LogP contribution >= 0.6 is 23.2 Å². The summed E-state index contributed by atoms with van der Waals surface area (Å²) in [4.78, 5) is 41.4. The van der Waals surface area contributed by atoms with Gasteiger partial charge in [-0.25, -0.2) is 13.2 Å². The minimum absolute atomic E-state index is 0.0176. The molecule has 280 valence electrons. The van der Waals surface area contributed by atoms with E-state index < -0.39 is 27.3 Å². The van der Waals surface area contributed by atoms with Crippen LogP contribution in [0, 0.1) is 0 Å². The van der Waals surface area contributed by atoms with Gasteiger partial charge in [-0.15, -0.1) is 0 Å². The molecule has 2 atom stereocenters. The molecule has 1 saturated heterocycles. The van der Waals surface area contributed by atoms with Gasteiger partial charge < -0.3 is 14.5 Å². The van der Waals surface area contributed by atoms with E-state index in [1.165, 1.54) is 6.26 Å². The Balaban J connectivity index is 1.62. The summed E-state index contributed by atoms with van der Waals surface area (Å²) in [5.74, 6) is 1.06. The minimum Gasteiger partial charge on any atom is -0.493 e. The Labute approximate surface area is 318 Å². The molecule has 0 aliphatic carbocycles. The Hall–Kier alpha value is -3.64. The van der Waals surface area contributed by atoms with Crippen molar-refractivity contribution in [2.24, 2.45) is 4.99 Å². The molecule has 13 heteroatoms. The van der Waals surface area contributed by atoms with Crippen molar-refractivity contribution in [1.29, 1.82) is 0 Å². The van der Waals surface area contributed by atoms with Gasteiger partial charge in [-0.05, 0) is 87.7 Å². The molecular formula is C39H49Cl2N5O5S. The van der Waals surface area contributed by atoms with Crippen molar-refractivity contribution in [3.8, 4) is 5.75 Å². The molecule has 0 N–H and O–H groups in total. The molecule has 2 aliphatic heterocycles.